The van der Waals surface area contributed by atoms with Gasteiger partial charge in [0.05, 0.1) is 5.92 Å². The second-order valence-corrected chi connectivity index (χ2v) is 4.15. The number of amides is 1. The van der Waals surface area contributed by atoms with Gasteiger partial charge in [-0.15, -0.1) is 0 Å². The zero-order chi connectivity index (χ0) is 10.6. The number of hydrogen-bond acceptors (Lipinski definition) is 3. The summed E-state index contributed by atoms with van der Waals surface area (Å²) in [5.41, 5.74) is 5.41. The van der Waals surface area contributed by atoms with Crippen molar-refractivity contribution in [3.63, 3.8) is 0 Å². The van der Waals surface area contributed by atoms with E-state index in [-0.39, 0.29) is 11.8 Å². The first-order valence-electron chi connectivity index (χ1n) is 5.28. The highest BCUT2D eigenvalue weighted by Gasteiger charge is 2.27. The van der Waals surface area contributed by atoms with Crippen LogP contribution in [0.1, 0.15) is 12.8 Å². The lowest BCUT2D eigenvalue weighted by Crippen LogP contribution is -2.35. The molecule has 0 aromatic heterocycles. The van der Waals surface area contributed by atoms with Crippen molar-refractivity contribution in [2.75, 3.05) is 40.3 Å². The van der Waals surface area contributed by atoms with Crippen molar-refractivity contribution in [1.29, 1.82) is 0 Å². The Labute approximate surface area is 86.0 Å². The van der Waals surface area contributed by atoms with Gasteiger partial charge in [0.2, 0.25) is 5.91 Å². The van der Waals surface area contributed by atoms with Crippen LogP contribution < -0.4 is 5.73 Å². The van der Waals surface area contributed by atoms with Crippen molar-refractivity contribution >= 4 is 5.91 Å². The average molecular weight is 199 g/mol. The normalized spacial score (nSPS) is 22.6. The van der Waals surface area contributed by atoms with Crippen LogP contribution >= 0.6 is 0 Å². The molecule has 1 unspecified atom stereocenters. The average Bonchev–Trinajstić information content (AvgIpc) is 2.60. The highest BCUT2D eigenvalue weighted by molar-refractivity contribution is 5.79. The molecule has 1 aliphatic rings. The summed E-state index contributed by atoms with van der Waals surface area (Å²) in [7, 11) is 3.93. The van der Waals surface area contributed by atoms with Gasteiger partial charge in [0.25, 0.3) is 0 Å². The van der Waals surface area contributed by atoms with Crippen molar-refractivity contribution in [3.05, 3.63) is 0 Å². The van der Waals surface area contributed by atoms with E-state index in [1.807, 2.05) is 11.9 Å². The first-order chi connectivity index (χ1) is 6.65. The predicted octanol–water partition coefficient (Wildman–Crippen LogP) is -0.255. The van der Waals surface area contributed by atoms with E-state index < -0.39 is 0 Å². The largest absolute Gasteiger partial charge is 0.345 e. The molecule has 0 bridgehead atoms. The van der Waals surface area contributed by atoms with Gasteiger partial charge in [0.15, 0.2) is 0 Å². The minimum absolute atomic E-state index is 0.211. The number of carbonyl (C=O) groups is 1. The van der Waals surface area contributed by atoms with Gasteiger partial charge in [-0.05, 0) is 33.0 Å². The third-order valence-electron chi connectivity index (χ3n) is 2.81. The Morgan fingerprint density at radius 1 is 1.64 bits per heavy atom. The lowest BCUT2D eigenvalue weighted by molar-refractivity contribution is -0.133. The van der Waals surface area contributed by atoms with Crippen molar-refractivity contribution in [2.45, 2.75) is 12.8 Å². The quantitative estimate of drug-likeness (QED) is 0.679. The van der Waals surface area contributed by atoms with Gasteiger partial charge >= 0.3 is 0 Å². The summed E-state index contributed by atoms with van der Waals surface area (Å²) in [5.74, 6) is 0.491. The zero-order valence-corrected chi connectivity index (χ0v) is 9.20. The lowest BCUT2D eigenvalue weighted by atomic mass is 10.1. The molecule has 1 amide bonds. The second kappa shape index (κ2) is 5.32. The number of likely N-dealkylation sites (tertiary alicyclic amines) is 1. The summed E-state index contributed by atoms with van der Waals surface area (Å²) in [6.45, 7) is 3.39. The van der Waals surface area contributed by atoms with E-state index in [0.29, 0.717) is 6.54 Å². The molecule has 14 heavy (non-hydrogen) atoms. The van der Waals surface area contributed by atoms with Crippen LogP contribution in [0.3, 0.4) is 0 Å². The van der Waals surface area contributed by atoms with Crippen LogP contribution in [0.5, 0.6) is 0 Å². The molecule has 1 saturated heterocycles. The molecule has 0 aromatic rings. The Morgan fingerprint density at radius 3 is 2.86 bits per heavy atom. The molecule has 1 aliphatic heterocycles. The van der Waals surface area contributed by atoms with Gasteiger partial charge in [-0.2, -0.15) is 0 Å². The molecule has 0 spiro atoms. The Hall–Kier alpha value is -0.610. The number of rotatable bonds is 4. The molecule has 2 N–H and O–H groups in total. The fourth-order valence-corrected chi connectivity index (χ4v) is 1.89. The van der Waals surface area contributed by atoms with Gasteiger partial charge in [0.1, 0.15) is 0 Å². The summed E-state index contributed by atoms with van der Waals surface area (Å²) < 4.78 is 0. The fourth-order valence-electron chi connectivity index (χ4n) is 1.89. The summed E-state index contributed by atoms with van der Waals surface area (Å²) in [4.78, 5) is 15.9. The first-order valence-corrected chi connectivity index (χ1v) is 5.28. The lowest BCUT2D eigenvalue weighted by Gasteiger charge is -2.20. The molecular formula is C10H21N3O. The SMILES string of the molecule is CN1CCC(C(=O)N(C)CCCN)C1. The third-order valence-corrected chi connectivity index (χ3v) is 2.81. The number of nitrogens with zero attached hydrogens (tertiary/aromatic N) is 2. The third kappa shape index (κ3) is 2.96. The highest BCUT2D eigenvalue weighted by Crippen LogP contribution is 2.16. The monoisotopic (exact) mass is 199 g/mol. The second-order valence-electron chi connectivity index (χ2n) is 4.15. The summed E-state index contributed by atoms with van der Waals surface area (Å²) in [6.07, 6.45) is 1.90. The molecule has 0 aromatic carbocycles. The maximum Gasteiger partial charge on any atom is 0.226 e. The van der Waals surface area contributed by atoms with Crippen LogP contribution in [0.4, 0.5) is 0 Å². The number of carbonyl (C=O) groups excluding carboxylic acids is 1. The van der Waals surface area contributed by atoms with E-state index in [1.54, 1.807) is 0 Å². The number of hydrogen-bond donors (Lipinski definition) is 1. The molecular weight excluding hydrogens is 178 g/mol. The summed E-state index contributed by atoms with van der Waals surface area (Å²) in [6, 6.07) is 0. The van der Waals surface area contributed by atoms with Gasteiger partial charge in [0, 0.05) is 20.1 Å². The maximum atomic E-state index is 11.9. The van der Waals surface area contributed by atoms with Gasteiger partial charge in [-0.25, -0.2) is 0 Å². The molecule has 0 aliphatic carbocycles. The van der Waals surface area contributed by atoms with Gasteiger partial charge in [-0.3, -0.25) is 4.79 Å². The van der Waals surface area contributed by atoms with Crippen LogP contribution in [0.2, 0.25) is 0 Å². The Bertz CT molecular complexity index is 196. The van der Waals surface area contributed by atoms with Crippen molar-refractivity contribution in [3.8, 4) is 0 Å². The fraction of sp³-hybridized carbons (Fsp3) is 0.900. The van der Waals surface area contributed by atoms with Crippen LogP contribution in [-0.4, -0.2) is 56.0 Å². The van der Waals surface area contributed by atoms with E-state index in [0.717, 1.165) is 32.5 Å². The Kier molecular flexibility index (Phi) is 4.35. The molecule has 1 rings (SSSR count). The summed E-state index contributed by atoms with van der Waals surface area (Å²) >= 11 is 0. The smallest absolute Gasteiger partial charge is 0.226 e. The van der Waals surface area contributed by atoms with Crippen molar-refractivity contribution in [1.82, 2.24) is 9.80 Å². The van der Waals surface area contributed by atoms with Crippen molar-refractivity contribution in [2.24, 2.45) is 11.7 Å². The molecule has 4 nitrogen and oxygen atoms in total. The first kappa shape index (κ1) is 11.5. The minimum Gasteiger partial charge on any atom is -0.345 e. The molecule has 4 heteroatoms. The van der Waals surface area contributed by atoms with Gasteiger partial charge in [-0.1, -0.05) is 0 Å². The van der Waals surface area contributed by atoms with E-state index in [1.165, 1.54) is 0 Å². The highest BCUT2D eigenvalue weighted by atomic mass is 16.2. The Morgan fingerprint density at radius 2 is 2.36 bits per heavy atom. The predicted molar refractivity (Wildman–Crippen MR) is 56.9 cm³/mol. The van der Waals surface area contributed by atoms with Crippen LogP contribution in [0.25, 0.3) is 0 Å². The molecule has 82 valence electrons. The minimum atomic E-state index is 0.211. The van der Waals surface area contributed by atoms with Crippen LogP contribution in [-0.2, 0) is 4.79 Å². The van der Waals surface area contributed by atoms with E-state index >= 15 is 0 Å². The maximum absolute atomic E-state index is 11.9. The topological polar surface area (TPSA) is 49.6 Å². The molecule has 1 heterocycles. The van der Waals surface area contributed by atoms with E-state index in [4.69, 9.17) is 5.73 Å². The van der Waals surface area contributed by atoms with Crippen LogP contribution in [0.15, 0.2) is 0 Å². The van der Waals surface area contributed by atoms with E-state index in [2.05, 4.69) is 11.9 Å². The summed E-state index contributed by atoms with van der Waals surface area (Å²) in [5, 5.41) is 0. The van der Waals surface area contributed by atoms with Crippen LogP contribution in [0, 0.1) is 5.92 Å². The van der Waals surface area contributed by atoms with Gasteiger partial charge < -0.3 is 15.5 Å². The number of nitrogens with two attached hydrogens (primary N) is 1. The van der Waals surface area contributed by atoms with E-state index in [9.17, 15) is 4.79 Å². The molecule has 0 radical (unpaired) electrons. The Balaban J connectivity index is 2.32. The van der Waals surface area contributed by atoms with Crippen molar-refractivity contribution < 1.29 is 4.79 Å². The standard InChI is InChI=1S/C10H21N3O/c1-12-7-4-9(8-12)10(14)13(2)6-3-5-11/h9H,3-8,11H2,1-2H3. The zero-order valence-electron chi connectivity index (χ0n) is 9.20. The molecule has 1 fully saturated rings. The molecule has 0 saturated carbocycles. The molecule has 1 atom stereocenters.